The molecule has 78 valence electrons. The van der Waals surface area contributed by atoms with Crippen molar-refractivity contribution in [3.05, 3.63) is 24.0 Å². The molecule has 0 saturated carbocycles. The van der Waals surface area contributed by atoms with Crippen molar-refractivity contribution in [2.45, 2.75) is 12.8 Å². The Balaban J connectivity index is 2.27. The first-order valence-corrected chi connectivity index (χ1v) is 4.48. The van der Waals surface area contributed by atoms with Crippen LogP contribution in [0, 0.1) is 0 Å². The molecule has 0 aliphatic heterocycles. The maximum atomic E-state index is 10.4. The van der Waals surface area contributed by atoms with Gasteiger partial charge in [0.25, 0.3) is 0 Å². The summed E-state index contributed by atoms with van der Waals surface area (Å²) in [7, 11) is 0. The van der Waals surface area contributed by atoms with Crippen molar-refractivity contribution in [2.24, 2.45) is 0 Å². The van der Waals surface area contributed by atoms with Gasteiger partial charge < -0.3 is 10.8 Å². The first-order valence-electron chi connectivity index (χ1n) is 4.48. The van der Waals surface area contributed by atoms with Gasteiger partial charge in [0.2, 0.25) is 0 Å². The number of fused-ring (bicyclic) bond motifs is 1. The molecule has 0 saturated heterocycles. The maximum absolute atomic E-state index is 10.4. The molecule has 0 aliphatic carbocycles. The Morgan fingerprint density at radius 1 is 1.53 bits per heavy atom. The van der Waals surface area contributed by atoms with Crippen molar-refractivity contribution >= 4 is 17.4 Å². The number of imidazole rings is 1. The van der Waals surface area contributed by atoms with Gasteiger partial charge in [0, 0.05) is 6.42 Å². The summed E-state index contributed by atoms with van der Waals surface area (Å²) in [5, 5.41) is 12.5. The highest BCUT2D eigenvalue weighted by Crippen LogP contribution is 2.07. The monoisotopic (exact) mass is 206 g/mol. The summed E-state index contributed by atoms with van der Waals surface area (Å²) >= 11 is 0. The van der Waals surface area contributed by atoms with E-state index in [9.17, 15) is 4.79 Å². The third-order valence-electron chi connectivity index (χ3n) is 1.99. The maximum Gasteiger partial charge on any atom is 0.303 e. The molecule has 0 spiro atoms. The predicted molar refractivity (Wildman–Crippen MR) is 53.4 cm³/mol. The topological polar surface area (TPSA) is 93.5 Å². The number of carboxylic acid groups (broad SMARTS) is 1. The van der Waals surface area contributed by atoms with Gasteiger partial charge in [-0.25, -0.2) is 9.50 Å². The summed E-state index contributed by atoms with van der Waals surface area (Å²) in [5.74, 6) is -0.427. The highest BCUT2D eigenvalue weighted by Gasteiger charge is 2.04. The molecule has 0 aromatic carbocycles. The molecule has 0 fully saturated rings. The summed E-state index contributed by atoms with van der Waals surface area (Å²) < 4.78 is 1.55. The van der Waals surface area contributed by atoms with Gasteiger partial charge in [0.15, 0.2) is 5.65 Å². The minimum atomic E-state index is -0.834. The minimum absolute atomic E-state index is 0.0688. The second kappa shape index (κ2) is 3.56. The molecule has 2 heterocycles. The van der Waals surface area contributed by atoms with Crippen LogP contribution in [0.1, 0.15) is 12.1 Å². The standard InChI is InChI=1S/C9H10N4O2/c10-7-2-3-8-11-6(1-4-9(14)15)5-13(8)12-7/h2-3,5H,1,4H2,(H2,10,12)(H,14,15). The van der Waals surface area contributed by atoms with Crippen LogP contribution in [-0.2, 0) is 11.2 Å². The quantitative estimate of drug-likeness (QED) is 0.754. The van der Waals surface area contributed by atoms with Crippen LogP contribution in [0.4, 0.5) is 5.82 Å². The van der Waals surface area contributed by atoms with E-state index in [0.29, 0.717) is 23.6 Å². The molecule has 0 radical (unpaired) electrons. The molecule has 3 N–H and O–H groups in total. The number of nitrogen functional groups attached to an aromatic ring is 1. The zero-order valence-corrected chi connectivity index (χ0v) is 7.92. The van der Waals surface area contributed by atoms with E-state index >= 15 is 0 Å². The van der Waals surface area contributed by atoms with Gasteiger partial charge in [-0.05, 0) is 12.1 Å². The normalized spacial score (nSPS) is 10.7. The lowest BCUT2D eigenvalue weighted by Gasteiger charge is -1.91. The molecular formula is C9H10N4O2. The first kappa shape index (κ1) is 9.45. The summed E-state index contributed by atoms with van der Waals surface area (Å²) in [5.41, 5.74) is 6.88. The fourth-order valence-corrected chi connectivity index (χ4v) is 1.30. The molecule has 2 aromatic rings. The Hall–Kier alpha value is -2.11. The first-order chi connectivity index (χ1) is 7.15. The number of hydrogen-bond acceptors (Lipinski definition) is 4. The summed E-state index contributed by atoms with van der Waals surface area (Å²) in [6.45, 7) is 0. The second-order valence-corrected chi connectivity index (χ2v) is 3.19. The van der Waals surface area contributed by atoms with Crippen LogP contribution in [0.15, 0.2) is 18.3 Å². The van der Waals surface area contributed by atoms with Crippen LogP contribution < -0.4 is 5.73 Å². The highest BCUT2D eigenvalue weighted by molar-refractivity contribution is 5.67. The third kappa shape index (κ3) is 2.04. The third-order valence-corrected chi connectivity index (χ3v) is 1.99. The van der Waals surface area contributed by atoms with Crippen molar-refractivity contribution in [1.29, 1.82) is 0 Å². The summed E-state index contributed by atoms with van der Waals surface area (Å²) in [6.07, 6.45) is 2.16. The van der Waals surface area contributed by atoms with E-state index in [1.807, 2.05) is 0 Å². The Morgan fingerprint density at radius 2 is 2.33 bits per heavy atom. The Morgan fingerprint density at radius 3 is 3.07 bits per heavy atom. The van der Waals surface area contributed by atoms with Crippen LogP contribution >= 0.6 is 0 Å². The summed E-state index contributed by atoms with van der Waals surface area (Å²) in [4.78, 5) is 14.6. The number of hydrogen-bond donors (Lipinski definition) is 2. The Kier molecular flexibility index (Phi) is 2.24. The fourth-order valence-electron chi connectivity index (χ4n) is 1.30. The number of carboxylic acids is 1. The van der Waals surface area contributed by atoms with E-state index in [0.717, 1.165) is 0 Å². The van der Waals surface area contributed by atoms with Crippen LogP contribution in [0.3, 0.4) is 0 Å². The molecule has 0 unspecified atom stereocenters. The second-order valence-electron chi connectivity index (χ2n) is 3.19. The molecule has 0 aliphatic rings. The van der Waals surface area contributed by atoms with Gasteiger partial charge in [-0.1, -0.05) is 0 Å². The van der Waals surface area contributed by atoms with Gasteiger partial charge in [-0.2, -0.15) is 0 Å². The SMILES string of the molecule is Nc1ccc2nc(CCC(=O)O)cn2n1. The van der Waals surface area contributed by atoms with Crippen LogP contribution in [0.25, 0.3) is 5.65 Å². The Labute approximate surface area is 85.3 Å². The summed E-state index contributed by atoms with van der Waals surface area (Å²) in [6, 6.07) is 3.40. The van der Waals surface area contributed by atoms with Crippen molar-refractivity contribution in [1.82, 2.24) is 14.6 Å². The van der Waals surface area contributed by atoms with Gasteiger partial charge in [0.05, 0.1) is 18.3 Å². The van der Waals surface area contributed by atoms with Crippen molar-refractivity contribution in [3.8, 4) is 0 Å². The number of nitrogens with zero attached hydrogens (tertiary/aromatic N) is 3. The molecule has 0 bridgehead atoms. The molecular weight excluding hydrogens is 196 g/mol. The van der Waals surface area contributed by atoms with E-state index < -0.39 is 5.97 Å². The molecule has 15 heavy (non-hydrogen) atoms. The number of aromatic nitrogens is 3. The molecule has 6 heteroatoms. The van der Waals surface area contributed by atoms with Gasteiger partial charge in [-0.15, -0.1) is 5.10 Å². The van der Waals surface area contributed by atoms with Crippen molar-refractivity contribution in [2.75, 3.05) is 5.73 Å². The largest absolute Gasteiger partial charge is 0.481 e. The van der Waals surface area contributed by atoms with Crippen molar-refractivity contribution < 1.29 is 9.90 Å². The van der Waals surface area contributed by atoms with Gasteiger partial charge >= 0.3 is 5.97 Å². The van der Waals surface area contributed by atoms with E-state index in [1.165, 1.54) is 0 Å². The van der Waals surface area contributed by atoms with Crippen LogP contribution in [0.5, 0.6) is 0 Å². The molecule has 2 rings (SSSR count). The lowest BCUT2D eigenvalue weighted by Crippen LogP contribution is -1.97. The van der Waals surface area contributed by atoms with E-state index in [4.69, 9.17) is 10.8 Å². The zero-order chi connectivity index (χ0) is 10.8. The number of aryl methyl sites for hydroxylation is 1. The molecule has 0 atom stereocenters. The van der Waals surface area contributed by atoms with Crippen LogP contribution in [0.2, 0.25) is 0 Å². The van der Waals surface area contributed by atoms with Crippen LogP contribution in [-0.4, -0.2) is 25.7 Å². The average molecular weight is 206 g/mol. The number of carbonyl (C=O) groups is 1. The molecule has 0 amide bonds. The smallest absolute Gasteiger partial charge is 0.303 e. The lowest BCUT2D eigenvalue weighted by molar-refractivity contribution is -0.136. The number of rotatable bonds is 3. The molecule has 6 nitrogen and oxygen atoms in total. The zero-order valence-electron chi connectivity index (χ0n) is 7.92. The number of nitrogens with two attached hydrogens (primary N) is 1. The fraction of sp³-hybridized carbons (Fsp3) is 0.222. The van der Waals surface area contributed by atoms with E-state index in [2.05, 4.69) is 10.1 Å². The highest BCUT2D eigenvalue weighted by atomic mass is 16.4. The Bertz CT molecular complexity index is 506. The molecule has 2 aromatic heterocycles. The number of aliphatic carboxylic acids is 1. The number of anilines is 1. The van der Waals surface area contributed by atoms with Gasteiger partial charge in [-0.3, -0.25) is 4.79 Å². The van der Waals surface area contributed by atoms with Crippen molar-refractivity contribution in [3.63, 3.8) is 0 Å². The van der Waals surface area contributed by atoms with Gasteiger partial charge in [0.1, 0.15) is 5.82 Å². The van der Waals surface area contributed by atoms with E-state index in [-0.39, 0.29) is 6.42 Å². The predicted octanol–water partition coefficient (Wildman–Crippen LogP) is 0.329. The lowest BCUT2D eigenvalue weighted by atomic mass is 10.2. The minimum Gasteiger partial charge on any atom is -0.481 e. The van der Waals surface area contributed by atoms with E-state index in [1.54, 1.807) is 22.8 Å². The average Bonchev–Trinajstić information content (AvgIpc) is 2.56.